The van der Waals surface area contributed by atoms with Gasteiger partial charge >= 0.3 is 0 Å². The fourth-order valence-corrected chi connectivity index (χ4v) is 2.55. The summed E-state index contributed by atoms with van der Waals surface area (Å²) in [4.78, 5) is 0. The van der Waals surface area contributed by atoms with Crippen LogP contribution in [0.5, 0.6) is 0 Å². The van der Waals surface area contributed by atoms with Crippen LogP contribution in [0.25, 0.3) is 0 Å². The van der Waals surface area contributed by atoms with E-state index in [4.69, 9.17) is 0 Å². The molecule has 0 spiro atoms. The molecule has 15 heavy (non-hydrogen) atoms. The molecular formula is C11H18IN3. The maximum absolute atomic E-state index is 4.59. The lowest BCUT2D eigenvalue weighted by molar-refractivity contribution is 0.318. The van der Waals surface area contributed by atoms with Gasteiger partial charge in [-0.1, -0.05) is 0 Å². The summed E-state index contributed by atoms with van der Waals surface area (Å²) >= 11 is 2.39. The summed E-state index contributed by atoms with van der Waals surface area (Å²) < 4.78 is 3.51. The number of hydrogen-bond acceptors (Lipinski definition) is 2. The van der Waals surface area contributed by atoms with Crippen LogP contribution in [0.3, 0.4) is 0 Å². The summed E-state index contributed by atoms with van der Waals surface area (Å²) in [5, 5.41) is 7.99. The largest absolute Gasteiger partial charge is 0.317 e. The van der Waals surface area contributed by atoms with Crippen LogP contribution in [0.15, 0.2) is 0 Å². The molecule has 1 N–H and O–H groups in total. The Hall–Kier alpha value is -0.100. The van der Waals surface area contributed by atoms with Gasteiger partial charge in [0.2, 0.25) is 0 Å². The summed E-state index contributed by atoms with van der Waals surface area (Å²) in [5.74, 6) is 0.806. The van der Waals surface area contributed by atoms with E-state index in [9.17, 15) is 0 Å². The van der Waals surface area contributed by atoms with Gasteiger partial charge in [0.05, 0.1) is 9.26 Å². The third-order valence-corrected chi connectivity index (χ3v) is 4.74. The van der Waals surface area contributed by atoms with Crippen molar-refractivity contribution in [2.24, 2.45) is 5.92 Å². The molecule has 1 aromatic heterocycles. The van der Waals surface area contributed by atoms with E-state index in [0.717, 1.165) is 12.5 Å². The molecule has 3 nitrogen and oxygen atoms in total. The van der Waals surface area contributed by atoms with Crippen molar-refractivity contribution >= 4 is 22.6 Å². The monoisotopic (exact) mass is 319 g/mol. The molecule has 1 aliphatic rings. The second-order valence-electron chi connectivity index (χ2n) is 4.36. The first-order valence-corrected chi connectivity index (χ1v) is 6.66. The maximum Gasteiger partial charge on any atom is 0.0729 e. The van der Waals surface area contributed by atoms with Gasteiger partial charge in [-0.3, -0.25) is 4.68 Å². The van der Waals surface area contributed by atoms with Gasteiger partial charge in [-0.2, -0.15) is 5.10 Å². The highest BCUT2D eigenvalue weighted by Gasteiger charge is 2.16. The normalized spacial score (nSPS) is 18.3. The quantitative estimate of drug-likeness (QED) is 0.846. The van der Waals surface area contributed by atoms with Crippen molar-refractivity contribution in [2.75, 3.05) is 13.1 Å². The number of piperidine rings is 1. The zero-order valence-electron chi connectivity index (χ0n) is 9.39. The molecule has 4 heteroatoms. The van der Waals surface area contributed by atoms with Gasteiger partial charge in [-0.25, -0.2) is 0 Å². The van der Waals surface area contributed by atoms with Gasteiger partial charge in [0.1, 0.15) is 0 Å². The molecule has 0 atom stereocenters. The van der Waals surface area contributed by atoms with E-state index in [2.05, 4.69) is 51.5 Å². The van der Waals surface area contributed by atoms with Gasteiger partial charge in [0.25, 0.3) is 0 Å². The molecule has 1 aliphatic heterocycles. The average molecular weight is 319 g/mol. The Morgan fingerprint density at radius 3 is 2.60 bits per heavy atom. The second-order valence-corrected chi connectivity index (χ2v) is 5.44. The Kier molecular flexibility index (Phi) is 3.66. The number of nitrogens with one attached hydrogen (secondary N) is 1. The lowest BCUT2D eigenvalue weighted by Crippen LogP contribution is -2.30. The number of aryl methyl sites for hydroxylation is 1. The van der Waals surface area contributed by atoms with E-state index in [1.165, 1.54) is 40.9 Å². The van der Waals surface area contributed by atoms with Gasteiger partial charge in [0.15, 0.2) is 0 Å². The van der Waals surface area contributed by atoms with E-state index < -0.39 is 0 Å². The van der Waals surface area contributed by atoms with Crippen LogP contribution in [0.4, 0.5) is 0 Å². The Morgan fingerprint density at radius 2 is 2.07 bits per heavy atom. The molecule has 0 unspecified atom stereocenters. The predicted octanol–water partition coefficient (Wildman–Crippen LogP) is 2.10. The van der Waals surface area contributed by atoms with Gasteiger partial charge in [0, 0.05) is 12.2 Å². The minimum Gasteiger partial charge on any atom is -0.317 e. The van der Waals surface area contributed by atoms with E-state index in [1.54, 1.807) is 0 Å². The highest BCUT2D eigenvalue weighted by atomic mass is 127. The fourth-order valence-electron chi connectivity index (χ4n) is 2.16. The van der Waals surface area contributed by atoms with Crippen LogP contribution in [0.1, 0.15) is 24.2 Å². The van der Waals surface area contributed by atoms with Crippen molar-refractivity contribution in [3.8, 4) is 0 Å². The predicted molar refractivity (Wildman–Crippen MR) is 70.0 cm³/mol. The molecule has 2 rings (SSSR count). The van der Waals surface area contributed by atoms with Crippen molar-refractivity contribution in [1.29, 1.82) is 0 Å². The molecule has 84 valence electrons. The zero-order chi connectivity index (χ0) is 10.8. The van der Waals surface area contributed by atoms with E-state index in [0.29, 0.717) is 0 Å². The first-order chi connectivity index (χ1) is 7.18. The molecule has 0 bridgehead atoms. The molecule has 0 aliphatic carbocycles. The average Bonchev–Trinajstić information content (AvgIpc) is 2.48. The lowest BCUT2D eigenvalue weighted by Gasteiger charge is -2.22. The van der Waals surface area contributed by atoms with Crippen molar-refractivity contribution in [2.45, 2.75) is 33.2 Å². The third-order valence-electron chi connectivity index (χ3n) is 3.18. The minimum absolute atomic E-state index is 0.806. The van der Waals surface area contributed by atoms with Gasteiger partial charge < -0.3 is 5.32 Å². The molecule has 0 aromatic carbocycles. The Labute approximate surface area is 105 Å². The third kappa shape index (κ3) is 2.53. The lowest BCUT2D eigenvalue weighted by atomic mass is 9.98. The van der Waals surface area contributed by atoms with E-state index in [1.807, 2.05) is 0 Å². The molecule has 1 fully saturated rings. The standard InChI is InChI=1S/C11H18IN3/c1-8-11(12)9(2)15(14-8)7-10-3-5-13-6-4-10/h10,13H,3-7H2,1-2H3. The first-order valence-electron chi connectivity index (χ1n) is 5.58. The fraction of sp³-hybridized carbons (Fsp3) is 0.727. The zero-order valence-corrected chi connectivity index (χ0v) is 11.5. The van der Waals surface area contributed by atoms with Crippen LogP contribution in [0, 0.1) is 23.3 Å². The Morgan fingerprint density at radius 1 is 1.40 bits per heavy atom. The Bertz CT molecular complexity index is 340. The smallest absolute Gasteiger partial charge is 0.0729 e. The number of hydrogen-bond donors (Lipinski definition) is 1. The molecule has 0 amide bonds. The topological polar surface area (TPSA) is 29.9 Å². The highest BCUT2D eigenvalue weighted by molar-refractivity contribution is 14.1. The van der Waals surface area contributed by atoms with E-state index in [-0.39, 0.29) is 0 Å². The Balaban J connectivity index is 2.06. The summed E-state index contributed by atoms with van der Waals surface area (Å²) in [5.41, 5.74) is 2.49. The maximum atomic E-state index is 4.59. The first kappa shape index (κ1) is 11.4. The van der Waals surface area contributed by atoms with Crippen molar-refractivity contribution in [3.05, 3.63) is 15.0 Å². The molecular weight excluding hydrogens is 301 g/mol. The second kappa shape index (κ2) is 4.82. The summed E-state index contributed by atoms with van der Waals surface area (Å²) in [6.07, 6.45) is 2.57. The summed E-state index contributed by atoms with van der Waals surface area (Å²) in [6.45, 7) is 7.69. The van der Waals surface area contributed by atoms with Crippen molar-refractivity contribution < 1.29 is 0 Å². The highest BCUT2D eigenvalue weighted by Crippen LogP contribution is 2.19. The number of aromatic nitrogens is 2. The van der Waals surface area contributed by atoms with Gasteiger partial charge in [-0.05, 0) is 68.3 Å². The number of halogens is 1. The number of nitrogens with zero attached hydrogens (tertiary/aromatic N) is 2. The molecule has 0 radical (unpaired) electrons. The van der Waals surface area contributed by atoms with Crippen LogP contribution in [-0.2, 0) is 6.54 Å². The molecule has 1 saturated heterocycles. The molecule has 0 saturated carbocycles. The molecule has 1 aromatic rings. The van der Waals surface area contributed by atoms with Crippen LogP contribution in [0.2, 0.25) is 0 Å². The van der Waals surface area contributed by atoms with E-state index >= 15 is 0 Å². The van der Waals surface area contributed by atoms with Crippen LogP contribution < -0.4 is 5.32 Å². The van der Waals surface area contributed by atoms with Crippen molar-refractivity contribution in [1.82, 2.24) is 15.1 Å². The summed E-state index contributed by atoms with van der Waals surface area (Å²) in [6, 6.07) is 0. The minimum atomic E-state index is 0.806. The van der Waals surface area contributed by atoms with Crippen molar-refractivity contribution in [3.63, 3.8) is 0 Å². The van der Waals surface area contributed by atoms with Crippen LogP contribution in [-0.4, -0.2) is 22.9 Å². The van der Waals surface area contributed by atoms with Crippen LogP contribution >= 0.6 is 22.6 Å². The number of rotatable bonds is 2. The SMILES string of the molecule is Cc1nn(CC2CCNCC2)c(C)c1I. The van der Waals surface area contributed by atoms with Gasteiger partial charge in [-0.15, -0.1) is 0 Å². The summed E-state index contributed by atoms with van der Waals surface area (Å²) in [7, 11) is 0. The molecule has 2 heterocycles.